The van der Waals surface area contributed by atoms with Crippen LogP contribution in [0.2, 0.25) is 0 Å². The van der Waals surface area contributed by atoms with E-state index in [1.54, 1.807) is 40.6 Å². The van der Waals surface area contributed by atoms with Crippen LogP contribution in [-0.2, 0) is 19.4 Å². The number of aromatic nitrogens is 1. The number of nitro groups is 1. The molecule has 8 nitrogen and oxygen atoms in total. The molecule has 1 aliphatic rings. The van der Waals surface area contributed by atoms with Gasteiger partial charge in [0.15, 0.2) is 35.7 Å². The fraction of sp³-hybridized carbons (Fsp3) is 0.250. The van der Waals surface area contributed by atoms with E-state index in [4.69, 9.17) is 18.9 Å². The summed E-state index contributed by atoms with van der Waals surface area (Å²) in [5.74, 6) is 2.70. The number of fused-ring (bicyclic) bond motifs is 4. The van der Waals surface area contributed by atoms with Crippen molar-refractivity contribution < 1.29 is 28.4 Å². The highest BCUT2D eigenvalue weighted by Gasteiger charge is 2.31. The summed E-state index contributed by atoms with van der Waals surface area (Å²) in [4.78, 5) is 10.8. The average molecular weight is 568 g/mol. The Balaban J connectivity index is 0.00000320. The fourth-order valence-electron chi connectivity index (χ4n) is 5.06. The number of non-ortho nitro benzene ring substituents is 1. The first-order valence-electron chi connectivity index (χ1n) is 11.6. The standard InChI is InChI=1S/C28H27N2O6.BrH/c1-33-24-10-9-20-22(13-17-5-7-19(8-6-17)30(31)32)27-21-15-26(35-3)25(34-2)14-18(21)11-12-29(27)16-23(20)28(24)36-4;/h5-10,14-16H,11-13H2,1-4H3;1H/q+1;. The number of halogens is 1. The Bertz CT molecular complexity index is 1490. The van der Waals surface area contributed by atoms with E-state index < -0.39 is 0 Å². The van der Waals surface area contributed by atoms with Crippen molar-refractivity contribution in [3.63, 3.8) is 0 Å². The van der Waals surface area contributed by atoms with Gasteiger partial charge >= 0.3 is 0 Å². The highest BCUT2D eigenvalue weighted by molar-refractivity contribution is 8.93. The number of aryl methyl sites for hydroxylation is 2. The number of benzene rings is 3. The Kier molecular flexibility index (Phi) is 7.54. The minimum Gasteiger partial charge on any atom is -0.493 e. The first-order chi connectivity index (χ1) is 17.5. The van der Waals surface area contributed by atoms with Gasteiger partial charge in [-0.3, -0.25) is 10.1 Å². The SMILES string of the molecule is Br.COc1cc2c(cc1OC)-c1c(Cc3ccc([N+](=O)[O-])cc3)c3ccc(OC)c(OC)c3c[n+]1CC2. The van der Waals surface area contributed by atoms with Crippen molar-refractivity contribution in [2.24, 2.45) is 0 Å². The lowest BCUT2D eigenvalue weighted by molar-refractivity contribution is -0.686. The molecule has 0 unspecified atom stereocenters. The smallest absolute Gasteiger partial charge is 0.269 e. The van der Waals surface area contributed by atoms with E-state index in [-0.39, 0.29) is 27.6 Å². The number of hydrogen-bond donors (Lipinski definition) is 0. The summed E-state index contributed by atoms with van der Waals surface area (Å²) < 4.78 is 24.8. The third-order valence-electron chi connectivity index (χ3n) is 6.78. The molecule has 0 aliphatic carbocycles. The molecule has 9 heteroatoms. The second kappa shape index (κ2) is 10.6. The van der Waals surface area contributed by atoms with Crippen LogP contribution in [0, 0.1) is 10.1 Å². The zero-order chi connectivity index (χ0) is 25.4. The van der Waals surface area contributed by atoms with Crippen LogP contribution in [0.5, 0.6) is 23.0 Å². The van der Waals surface area contributed by atoms with Crippen LogP contribution in [0.25, 0.3) is 22.0 Å². The molecule has 0 saturated carbocycles. The van der Waals surface area contributed by atoms with Crippen LogP contribution in [0.15, 0.2) is 54.7 Å². The molecule has 0 atom stereocenters. The second-order valence-electron chi connectivity index (χ2n) is 8.63. The van der Waals surface area contributed by atoms with Crippen molar-refractivity contribution >= 4 is 33.4 Å². The first-order valence-corrected chi connectivity index (χ1v) is 11.6. The molecule has 5 rings (SSSR count). The number of methoxy groups -OCH3 is 4. The third kappa shape index (κ3) is 4.55. The zero-order valence-corrected chi connectivity index (χ0v) is 22.8. The summed E-state index contributed by atoms with van der Waals surface area (Å²) in [6.45, 7) is 0.779. The van der Waals surface area contributed by atoms with Crippen LogP contribution < -0.4 is 23.5 Å². The lowest BCUT2D eigenvalue weighted by Gasteiger charge is -2.22. The molecule has 0 N–H and O–H groups in total. The van der Waals surface area contributed by atoms with E-state index in [2.05, 4.69) is 10.8 Å². The molecular formula is C28H28BrN2O6+. The minimum atomic E-state index is -0.382. The maximum absolute atomic E-state index is 11.2. The molecule has 0 spiro atoms. The molecular weight excluding hydrogens is 540 g/mol. The van der Waals surface area contributed by atoms with E-state index in [1.165, 1.54) is 5.56 Å². The van der Waals surface area contributed by atoms with Crippen LogP contribution in [0.4, 0.5) is 5.69 Å². The number of rotatable bonds is 7. The maximum Gasteiger partial charge on any atom is 0.269 e. The molecule has 3 aromatic carbocycles. The van der Waals surface area contributed by atoms with Crippen molar-refractivity contribution in [3.05, 3.63) is 81.5 Å². The molecule has 4 aromatic rings. The average Bonchev–Trinajstić information content (AvgIpc) is 2.91. The summed E-state index contributed by atoms with van der Waals surface area (Å²) in [5, 5.41) is 13.1. The molecule has 1 aromatic heterocycles. The summed E-state index contributed by atoms with van der Waals surface area (Å²) in [6, 6.07) is 14.8. The van der Waals surface area contributed by atoms with Gasteiger partial charge in [-0.25, -0.2) is 0 Å². The summed E-state index contributed by atoms with van der Waals surface area (Å²) in [5.41, 5.74) is 5.47. The Morgan fingerprint density at radius 3 is 2.16 bits per heavy atom. The van der Waals surface area contributed by atoms with Gasteiger partial charge in [0, 0.05) is 35.9 Å². The second-order valence-corrected chi connectivity index (χ2v) is 8.63. The normalized spacial score (nSPS) is 11.7. The van der Waals surface area contributed by atoms with Crippen LogP contribution in [0.1, 0.15) is 16.7 Å². The number of nitrogens with zero attached hydrogens (tertiary/aromatic N) is 2. The Hall–Kier alpha value is -3.85. The topological polar surface area (TPSA) is 83.9 Å². The molecule has 1 aliphatic heterocycles. The molecule has 0 fully saturated rings. The van der Waals surface area contributed by atoms with E-state index in [0.717, 1.165) is 46.1 Å². The van der Waals surface area contributed by atoms with Gasteiger partial charge in [-0.15, -0.1) is 17.0 Å². The van der Waals surface area contributed by atoms with Crippen LogP contribution >= 0.6 is 17.0 Å². The van der Waals surface area contributed by atoms with Gasteiger partial charge in [0.05, 0.1) is 44.3 Å². The van der Waals surface area contributed by atoms with Gasteiger partial charge in [-0.05, 0) is 35.4 Å². The predicted octanol–water partition coefficient (Wildman–Crippen LogP) is 5.46. The van der Waals surface area contributed by atoms with E-state index in [9.17, 15) is 10.1 Å². The largest absolute Gasteiger partial charge is 0.493 e. The van der Waals surface area contributed by atoms with Crippen LogP contribution in [0.3, 0.4) is 0 Å². The van der Waals surface area contributed by atoms with Crippen molar-refractivity contribution in [1.82, 2.24) is 0 Å². The monoisotopic (exact) mass is 567 g/mol. The Morgan fingerprint density at radius 2 is 1.54 bits per heavy atom. The Morgan fingerprint density at radius 1 is 0.865 bits per heavy atom. The van der Waals surface area contributed by atoms with Crippen molar-refractivity contribution in [3.8, 4) is 34.3 Å². The molecule has 2 heterocycles. The predicted molar refractivity (Wildman–Crippen MR) is 146 cm³/mol. The van der Waals surface area contributed by atoms with E-state index >= 15 is 0 Å². The lowest BCUT2D eigenvalue weighted by Crippen LogP contribution is -2.41. The lowest BCUT2D eigenvalue weighted by atomic mass is 9.88. The summed E-state index contributed by atoms with van der Waals surface area (Å²) in [7, 11) is 6.55. The number of pyridine rings is 1. The number of hydrogen-bond acceptors (Lipinski definition) is 6. The van der Waals surface area contributed by atoms with Crippen molar-refractivity contribution in [2.45, 2.75) is 19.4 Å². The zero-order valence-electron chi connectivity index (χ0n) is 21.1. The number of nitro benzene ring substituents is 1. The highest BCUT2D eigenvalue weighted by atomic mass is 79.9. The third-order valence-corrected chi connectivity index (χ3v) is 6.78. The molecule has 0 radical (unpaired) electrons. The Labute approximate surface area is 225 Å². The summed E-state index contributed by atoms with van der Waals surface area (Å²) >= 11 is 0. The van der Waals surface area contributed by atoms with Gasteiger partial charge in [0.1, 0.15) is 0 Å². The highest BCUT2D eigenvalue weighted by Crippen LogP contribution is 2.43. The molecule has 0 amide bonds. The van der Waals surface area contributed by atoms with Gasteiger partial charge in [0.2, 0.25) is 5.69 Å². The van der Waals surface area contributed by atoms with Gasteiger partial charge in [-0.2, -0.15) is 4.57 Å². The molecule has 37 heavy (non-hydrogen) atoms. The fourth-order valence-corrected chi connectivity index (χ4v) is 5.06. The van der Waals surface area contributed by atoms with Crippen molar-refractivity contribution in [1.29, 1.82) is 0 Å². The molecule has 192 valence electrons. The van der Waals surface area contributed by atoms with E-state index in [0.29, 0.717) is 29.4 Å². The van der Waals surface area contributed by atoms with Gasteiger partial charge < -0.3 is 18.9 Å². The number of ether oxygens (including phenoxy) is 4. The minimum absolute atomic E-state index is 0. The molecule has 0 bridgehead atoms. The van der Waals surface area contributed by atoms with E-state index in [1.807, 2.05) is 36.4 Å². The van der Waals surface area contributed by atoms with Gasteiger partial charge in [-0.1, -0.05) is 12.1 Å². The maximum atomic E-state index is 11.2. The quantitative estimate of drug-likeness (QED) is 0.167. The summed E-state index contributed by atoms with van der Waals surface area (Å²) in [6.07, 6.45) is 3.53. The van der Waals surface area contributed by atoms with Crippen molar-refractivity contribution in [2.75, 3.05) is 28.4 Å². The first kappa shape index (κ1) is 26.2. The van der Waals surface area contributed by atoms with Gasteiger partial charge in [0.25, 0.3) is 5.69 Å². The van der Waals surface area contributed by atoms with Crippen LogP contribution in [-0.4, -0.2) is 33.4 Å². The molecule has 0 saturated heterocycles.